The first-order chi connectivity index (χ1) is 5.70. The molecule has 0 aliphatic carbocycles. The lowest BCUT2D eigenvalue weighted by Crippen LogP contribution is -2.33. The van der Waals surface area contributed by atoms with Gasteiger partial charge in [-0.25, -0.2) is 0 Å². The van der Waals surface area contributed by atoms with Gasteiger partial charge in [0.15, 0.2) is 0 Å². The van der Waals surface area contributed by atoms with E-state index >= 15 is 0 Å². The van der Waals surface area contributed by atoms with Crippen LogP contribution in [0.5, 0.6) is 0 Å². The zero-order chi connectivity index (χ0) is 8.97. The molecule has 0 amide bonds. The fraction of sp³-hybridized carbons (Fsp3) is 1.00. The molecule has 1 heterocycles. The van der Waals surface area contributed by atoms with Crippen molar-refractivity contribution in [1.82, 2.24) is 0 Å². The summed E-state index contributed by atoms with van der Waals surface area (Å²) in [4.78, 5) is 9.67. The number of aliphatic hydroxyl groups is 1. The van der Waals surface area contributed by atoms with E-state index in [-0.39, 0.29) is 17.4 Å². The molecule has 2 atom stereocenters. The maximum atomic E-state index is 10.0. The molecule has 1 N–H and O–H groups in total. The summed E-state index contributed by atoms with van der Waals surface area (Å²) in [5, 5.41) is 19.4. The fourth-order valence-corrected chi connectivity index (χ4v) is 1.33. The average Bonchev–Trinajstić information content (AvgIpc) is 2.03. The van der Waals surface area contributed by atoms with Gasteiger partial charge in [0.25, 0.3) is 0 Å². The third-order valence-electron chi connectivity index (χ3n) is 2.12. The van der Waals surface area contributed by atoms with Crippen molar-refractivity contribution in [3.63, 3.8) is 0 Å². The van der Waals surface area contributed by atoms with Crippen LogP contribution >= 0.6 is 0 Å². The molecule has 1 aliphatic heterocycles. The van der Waals surface area contributed by atoms with Gasteiger partial charge < -0.3 is 9.84 Å². The number of nitro groups is 1. The average molecular weight is 175 g/mol. The van der Waals surface area contributed by atoms with Gasteiger partial charge in [-0.05, 0) is 6.42 Å². The van der Waals surface area contributed by atoms with Crippen LogP contribution in [-0.2, 0) is 4.74 Å². The van der Waals surface area contributed by atoms with Gasteiger partial charge >= 0.3 is 0 Å². The molecule has 1 rings (SSSR count). The van der Waals surface area contributed by atoms with E-state index in [1.54, 1.807) is 0 Å². The van der Waals surface area contributed by atoms with Crippen molar-refractivity contribution in [2.24, 2.45) is 5.92 Å². The summed E-state index contributed by atoms with van der Waals surface area (Å²) in [6, 6.07) is 0. The lowest BCUT2D eigenvalue weighted by molar-refractivity contribution is -0.482. The summed E-state index contributed by atoms with van der Waals surface area (Å²) < 4.78 is 5.10. The molecule has 0 aromatic carbocycles. The Balaban J connectivity index is 2.24. The van der Waals surface area contributed by atoms with Gasteiger partial charge in [-0.2, -0.15) is 0 Å². The number of hydrogen-bond acceptors (Lipinski definition) is 4. The van der Waals surface area contributed by atoms with Crippen LogP contribution in [0.25, 0.3) is 0 Å². The molecule has 0 radical (unpaired) electrons. The Morgan fingerprint density at radius 2 is 2.42 bits per heavy atom. The quantitative estimate of drug-likeness (QED) is 0.486. The molecule has 0 bridgehead atoms. The van der Waals surface area contributed by atoms with Crippen LogP contribution in [0.3, 0.4) is 0 Å². The van der Waals surface area contributed by atoms with E-state index in [0.717, 1.165) is 0 Å². The SMILES string of the molecule is O=[N+]([O-])CCC1COCC[C@H]1O. The first-order valence-electron chi connectivity index (χ1n) is 4.08. The van der Waals surface area contributed by atoms with Gasteiger partial charge in [-0.3, -0.25) is 10.1 Å². The van der Waals surface area contributed by atoms with Crippen LogP contribution in [0.2, 0.25) is 0 Å². The Labute approximate surface area is 70.5 Å². The molecule has 12 heavy (non-hydrogen) atoms. The van der Waals surface area contributed by atoms with E-state index in [1.807, 2.05) is 0 Å². The molecule has 70 valence electrons. The topological polar surface area (TPSA) is 72.6 Å². The normalized spacial score (nSPS) is 30.1. The molecule has 1 unspecified atom stereocenters. The molecule has 1 aliphatic rings. The van der Waals surface area contributed by atoms with Gasteiger partial charge in [0, 0.05) is 23.9 Å². The van der Waals surface area contributed by atoms with Crippen LogP contribution in [-0.4, -0.2) is 35.9 Å². The summed E-state index contributed by atoms with van der Waals surface area (Å²) in [6.07, 6.45) is 0.593. The number of nitrogens with zero attached hydrogens (tertiary/aromatic N) is 1. The lowest BCUT2D eigenvalue weighted by atomic mass is 9.95. The summed E-state index contributed by atoms with van der Waals surface area (Å²) in [5.41, 5.74) is 0. The van der Waals surface area contributed by atoms with Crippen LogP contribution in [0.15, 0.2) is 0 Å². The van der Waals surface area contributed by atoms with Crippen molar-refractivity contribution in [3.8, 4) is 0 Å². The number of rotatable bonds is 3. The van der Waals surface area contributed by atoms with E-state index in [4.69, 9.17) is 4.74 Å². The largest absolute Gasteiger partial charge is 0.393 e. The smallest absolute Gasteiger partial charge is 0.204 e. The number of ether oxygens (including phenoxy) is 1. The van der Waals surface area contributed by atoms with Crippen molar-refractivity contribution in [2.75, 3.05) is 19.8 Å². The summed E-state index contributed by atoms with van der Waals surface area (Å²) in [6.45, 7) is 0.941. The Kier molecular flexibility index (Phi) is 3.43. The molecule has 5 heteroatoms. The zero-order valence-electron chi connectivity index (χ0n) is 6.81. The molecular weight excluding hydrogens is 162 g/mol. The first-order valence-corrected chi connectivity index (χ1v) is 4.08. The van der Waals surface area contributed by atoms with Crippen LogP contribution in [0, 0.1) is 16.0 Å². The fourth-order valence-electron chi connectivity index (χ4n) is 1.33. The highest BCUT2D eigenvalue weighted by molar-refractivity contribution is 4.71. The standard InChI is InChI=1S/C7H13NO4/c9-7-2-4-12-5-6(7)1-3-8(10)11/h6-7,9H,1-5H2/t6?,7-/m1/s1. The third-order valence-corrected chi connectivity index (χ3v) is 2.12. The Bertz CT molecular complexity index is 161. The molecule has 1 fully saturated rings. The highest BCUT2D eigenvalue weighted by Crippen LogP contribution is 2.17. The number of hydrogen-bond donors (Lipinski definition) is 1. The number of aliphatic hydroxyl groups excluding tert-OH is 1. The molecule has 0 aromatic heterocycles. The molecule has 0 aromatic rings. The van der Waals surface area contributed by atoms with E-state index < -0.39 is 6.10 Å². The van der Waals surface area contributed by atoms with E-state index in [9.17, 15) is 15.2 Å². The van der Waals surface area contributed by atoms with Crippen molar-refractivity contribution in [1.29, 1.82) is 0 Å². The molecule has 1 saturated heterocycles. The summed E-state index contributed by atoms with van der Waals surface area (Å²) >= 11 is 0. The van der Waals surface area contributed by atoms with Crippen LogP contribution in [0.4, 0.5) is 0 Å². The minimum absolute atomic E-state index is 0.0517. The molecule has 5 nitrogen and oxygen atoms in total. The predicted molar refractivity (Wildman–Crippen MR) is 41.4 cm³/mol. The van der Waals surface area contributed by atoms with Crippen LogP contribution < -0.4 is 0 Å². The van der Waals surface area contributed by atoms with Crippen molar-refractivity contribution in [3.05, 3.63) is 10.1 Å². The lowest BCUT2D eigenvalue weighted by Gasteiger charge is -2.26. The maximum Gasteiger partial charge on any atom is 0.204 e. The van der Waals surface area contributed by atoms with Crippen LogP contribution in [0.1, 0.15) is 12.8 Å². The second-order valence-electron chi connectivity index (χ2n) is 3.04. The zero-order valence-corrected chi connectivity index (χ0v) is 6.81. The third kappa shape index (κ3) is 2.75. The van der Waals surface area contributed by atoms with Crippen molar-refractivity contribution < 1.29 is 14.8 Å². The van der Waals surface area contributed by atoms with Gasteiger partial charge in [0.05, 0.1) is 12.7 Å². The second kappa shape index (κ2) is 4.37. The second-order valence-corrected chi connectivity index (χ2v) is 3.04. The Hall–Kier alpha value is -0.680. The first kappa shape index (κ1) is 9.41. The summed E-state index contributed by atoms with van der Waals surface area (Å²) in [7, 11) is 0. The minimum Gasteiger partial charge on any atom is -0.393 e. The van der Waals surface area contributed by atoms with Gasteiger partial charge in [0.1, 0.15) is 0 Å². The van der Waals surface area contributed by atoms with E-state index in [2.05, 4.69) is 0 Å². The van der Waals surface area contributed by atoms with E-state index in [0.29, 0.717) is 26.1 Å². The maximum absolute atomic E-state index is 10.0. The van der Waals surface area contributed by atoms with Gasteiger partial charge in [0.2, 0.25) is 6.54 Å². The van der Waals surface area contributed by atoms with Crippen molar-refractivity contribution >= 4 is 0 Å². The highest BCUT2D eigenvalue weighted by atomic mass is 16.6. The monoisotopic (exact) mass is 175 g/mol. The Morgan fingerprint density at radius 3 is 3.00 bits per heavy atom. The Morgan fingerprint density at radius 1 is 1.67 bits per heavy atom. The predicted octanol–water partition coefficient (Wildman–Crippen LogP) is 0.0506. The molecule has 0 saturated carbocycles. The summed E-state index contributed by atoms with van der Waals surface area (Å²) in [5.74, 6) is -0.0517. The molecular formula is C7H13NO4. The van der Waals surface area contributed by atoms with E-state index in [1.165, 1.54) is 0 Å². The van der Waals surface area contributed by atoms with Crippen molar-refractivity contribution in [2.45, 2.75) is 18.9 Å². The molecule has 0 spiro atoms. The minimum atomic E-state index is -0.418. The van der Waals surface area contributed by atoms with Gasteiger partial charge in [-0.15, -0.1) is 0 Å². The highest BCUT2D eigenvalue weighted by Gasteiger charge is 2.24. The van der Waals surface area contributed by atoms with Gasteiger partial charge in [-0.1, -0.05) is 0 Å².